The molecule has 1 aliphatic carbocycles. The van der Waals surface area contributed by atoms with E-state index in [1.54, 1.807) is 0 Å². The highest BCUT2D eigenvalue weighted by atomic mass is 35.5. The number of rotatable bonds is 11. The van der Waals surface area contributed by atoms with E-state index in [9.17, 15) is 0 Å². The standard InChI is InChI=1S/C54H52ClN2O2/c1-53(2)44-24-9-11-26-46(44)56(34-36-58-48-28-14-18-38-16-5-7-22-42(38)48)50(53)32-30-40-20-13-21-41(52(40)55)31-33-51-54(3,4)45-25-10-12-27-47(45)57(51)35-37-59-49-29-15-19-39-17-6-8-23-43(39)49/h5-12,14-19,22-33H,13,20-21,34-37H2,1-4H3/q+1. The number of hydrogen-bond acceptors (Lipinski definition) is 3. The Kier molecular flexibility index (Phi) is 10.5. The minimum Gasteiger partial charge on any atom is -0.491 e. The fraction of sp³-hybridized carbons (Fsp3) is 0.241. The Balaban J connectivity index is 0.985. The lowest BCUT2D eigenvalue weighted by molar-refractivity contribution is -0.439. The van der Waals surface area contributed by atoms with Crippen LogP contribution >= 0.6 is 11.6 Å². The van der Waals surface area contributed by atoms with Gasteiger partial charge in [-0.2, -0.15) is 4.58 Å². The van der Waals surface area contributed by atoms with Crippen LogP contribution in [0.3, 0.4) is 0 Å². The van der Waals surface area contributed by atoms with Crippen molar-refractivity contribution in [2.24, 2.45) is 0 Å². The summed E-state index contributed by atoms with van der Waals surface area (Å²) in [5.41, 5.74) is 9.64. The fourth-order valence-corrected chi connectivity index (χ4v) is 9.78. The summed E-state index contributed by atoms with van der Waals surface area (Å²) in [4.78, 5) is 2.44. The van der Waals surface area contributed by atoms with Gasteiger partial charge in [0.05, 0.1) is 12.0 Å². The van der Waals surface area contributed by atoms with Crippen molar-refractivity contribution in [3.05, 3.63) is 191 Å². The van der Waals surface area contributed by atoms with Gasteiger partial charge in [0.15, 0.2) is 12.3 Å². The van der Waals surface area contributed by atoms with E-state index in [1.807, 2.05) is 0 Å². The molecule has 0 amide bonds. The summed E-state index contributed by atoms with van der Waals surface area (Å²) in [5.74, 6) is 1.84. The third-order valence-corrected chi connectivity index (χ3v) is 13.1. The molecule has 59 heavy (non-hydrogen) atoms. The van der Waals surface area contributed by atoms with E-state index in [-0.39, 0.29) is 10.8 Å². The fourth-order valence-electron chi connectivity index (χ4n) is 9.47. The Morgan fingerprint density at radius 3 is 1.97 bits per heavy atom. The van der Waals surface area contributed by atoms with Crippen LogP contribution in [0.2, 0.25) is 0 Å². The summed E-state index contributed by atoms with van der Waals surface area (Å²) >= 11 is 7.37. The molecule has 296 valence electrons. The predicted molar refractivity (Wildman–Crippen MR) is 247 cm³/mol. The van der Waals surface area contributed by atoms with Gasteiger partial charge in [-0.15, -0.1) is 0 Å². The van der Waals surface area contributed by atoms with E-state index in [1.165, 1.54) is 55.8 Å². The molecule has 5 heteroatoms. The van der Waals surface area contributed by atoms with E-state index in [0.29, 0.717) is 13.2 Å². The number of para-hydroxylation sites is 2. The first kappa shape index (κ1) is 38.7. The molecule has 2 aliphatic heterocycles. The van der Waals surface area contributed by atoms with E-state index >= 15 is 0 Å². The Morgan fingerprint density at radius 2 is 1.24 bits per heavy atom. The molecule has 3 aliphatic rings. The molecule has 0 radical (unpaired) electrons. The van der Waals surface area contributed by atoms with Crippen molar-refractivity contribution >= 4 is 50.2 Å². The quantitative estimate of drug-likeness (QED) is 0.122. The van der Waals surface area contributed by atoms with Crippen molar-refractivity contribution in [3.63, 3.8) is 0 Å². The number of nitrogens with zero attached hydrogens (tertiary/aromatic N) is 2. The highest BCUT2D eigenvalue weighted by Crippen LogP contribution is 2.48. The number of fused-ring (bicyclic) bond motifs is 4. The molecule has 0 bridgehead atoms. The SMILES string of the molecule is CC1(C)C(/C=C/C2=C(Cl)C(=C/C=C3/N(CCOc4cccc5ccccc45)c4ccccc4C3(C)C)/CCC2)=[N+](CCOc2cccc3ccccc23)c2ccccc21. The van der Waals surface area contributed by atoms with Gasteiger partial charge in [-0.25, -0.2) is 0 Å². The van der Waals surface area contributed by atoms with Gasteiger partial charge in [-0.1, -0.05) is 147 Å². The normalized spacial score (nSPS) is 18.4. The van der Waals surface area contributed by atoms with Gasteiger partial charge >= 0.3 is 0 Å². The summed E-state index contributed by atoms with van der Waals surface area (Å²) in [6, 6.07) is 46.9. The number of anilines is 1. The highest BCUT2D eigenvalue weighted by molar-refractivity contribution is 6.32. The molecule has 2 heterocycles. The largest absolute Gasteiger partial charge is 0.491 e. The van der Waals surface area contributed by atoms with Crippen LogP contribution in [-0.4, -0.2) is 36.6 Å². The zero-order valence-electron chi connectivity index (χ0n) is 34.5. The molecule has 0 unspecified atom stereocenters. The second-order valence-corrected chi connectivity index (χ2v) is 17.3. The van der Waals surface area contributed by atoms with Gasteiger partial charge in [0, 0.05) is 50.3 Å². The number of ether oxygens (including phenoxy) is 2. The van der Waals surface area contributed by atoms with Crippen molar-refractivity contribution < 1.29 is 14.0 Å². The van der Waals surface area contributed by atoms with Crippen molar-refractivity contribution in [2.75, 3.05) is 31.2 Å². The summed E-state index contributed by atoms with van der Waals surface area (Å²) < 4.78 is 15.4. The van der Waals surface area contributed by atoms with Gasteiger partial charge < -0.3 is 14.4 Å². The minimum absolute atomic E-state index is 0.179. The Morgan fingerprint density at radius 1 is 0.627 bits per heavy atom. The van der Waals surface area contributed by atoms with Gasteiger partial charge in [-0.05, 0) is 84.9 Å². The lowest BCUT2D eigenvalue weighted by Crippen LogP contribution is -2.29. The summed E-state index contributed by atoms with van der Waals surface area (Å²) in [7, 11) is 0. The van der Waals surface area contributed by atoms with Crippen LogP contribution in [0.5, 0.6) is 11.5 Å². The van der Waals surface area contributed by atoms with Crippen LogP contribution in [0.15, 0.2) is 180 Å². The second-order valence-electron chi connectivity index (χ2n) is 16.9. The molecule has 0 spiro atoms. The second kappa shape index (κ2) is 16.1. The van der Waals surface area contributed by atoms with Crippen LogP contribution in [0.25, 0.3) is 21.5 Å². The van der Waals surface area contributed by atoms with Crippen molar-refractivity contribution in [3.8, 4) is 11.5 Å². The minimum atomic E-state index is -0.179. The molecular weight excluding hydrogens is 744 g/mol. The monoisotopic (exact) mass is 795 g/mol. The maximum atomic E-state index is 7.37. The first-order valence-corrected chi connectivity index (χ1v) is 21.4. The van der Waals surface area contributed by atoms with Crippen molar-refractivity contribution in [2.45, 2.75) is 57.8 Å². The molecule has 6 aromatic carbocycles. The van der Waals surface area contributed by atoms with Crippen LogP contribution in [0.1, 0.15) is 58.1 Å². The maximum absolute atomic E-state index is 7.37. The summed E-state index contributed by atoms with van der Waals surface area (Å²) in [6.07, 6.45) is 12.1. The van der Waals surface area contributed by atoms with Crippen molar-refractivity contribution in [1.29, 1.82) is 0 Å². The molecule has 0 atom stereocenters. The molecule has 4 nitrogen and oxygen atoms in total. The molecular formula is C54H52ClN2O2+. The Hall–Kier alpha value is -5.84. The smallest absolute Gasteiger partial charge is 0.209 e. The predicted octanol–water partition coefficient (Wildman–Crippen LogP) is 13.4. The number of hydrogen-bond donors (Lipinski definition) is 0. The van der Waals surface area contributed by atoms with E-state index in [0.717, 1.165) is 59.7 Å². The maximum Gasteiger partial charge on any atom is 0.209 e. The van der Waals surface area contributed by atoms with Crippen LogP contribution in [0, 0.1) is 0 Å². The van der Waals surface area contributed by atoms with Gasteiger partial charge in [0.1, 0.15) is 24.7 Å². The molecule has 0 fully saturated rings. The molecule has 0 saturated heterocycles. The Labute approximate surface area is 354 Å². The lowest BCUT2D eigenvalue weighted by Gasteiger charge is -2.27. The van der Waals surface area contributed by atoms with E-state index in [2.05, 4.69) is 195 Å². The molecule has 0 saturated carbocycles. The first-order valence-electron chi connectivity index (χ1n) is 21.0. The van der Waals surface area contributed by atoms with Gasteiger partial charge in [-0.3, -0.25) is 0 Å². The van der Waals surface area contributed by atoms with Crippen LogP contribution in [0.4, 0.5) is 11.4 Å². The zero-order chi connectivity index (χ0) is 40.6. The highest BCUT2D eigenvalue weighted by Gasteiger charge is 2.44. The molecule has 0 aromatic heterocycles. The van der Waals surface area contributed by atoms with Gasteiger partial charge in [0.2, 0.25) is 5.69 Å². The molecule has 0 N–H and O–H groups in total. The third-order valence-electron chi connectivity index (χ3n) is 12.6. The summed E-state index contributed by atoms with van der Waals surface area (Å²) in [6.45, 7) is 11.9. The number of benzene rings is 6. The van der Waals surface area contributed by atoms with Crippen molar-refractivity contribution in [1.82, 2.24) is 0 Å². The Bertz CT molecular complexity index is 2720. The van der Waals surface area contributed by atoms with E-state index < -0.39 is 0 Å². The topological polar surface area (TPSA) is 24.7 Å². The number of allylic oxidation sites excluding steroid dienone is 8. The van der Waals surface area contributed by atoms with E-state index in [4.69, 9.17) is 21.1 Å². The lowest BCUT2D eigenvalue weighted by atomic mass is 9.81. The first-order chi connectivity index (χ1) is 28.7. The van der Waals surface area contributed by atoms with Crippen LogP contribution in [-0.2, 0) is 10.8 Å². The van der Waals surface area contributed by atoms with Crippen LogP contribution < -0.4 is 14.4 Å². The molecule has 6 aromatic rings. The summed E-state index contributed by atoms with van der Waals surface area (Å²) in [5, 5.41) is 5.51. The zero-order valence-corrected chi connectivity index (χ0v) is 35.3. The average molecular weight is 796 g/mol. The average Bonchev–Trinajstić information content (AvgIpc) is 3.61. The van der Waals surface area contributed by atoms with Gasteiger partial charge in [0.25, 0.3) is 0 Å². The molecule has 9 rings (SSSR count). The third kappa shape index (κ3) is 7.29. The number of halogens is 1.